The summed E-state index contributed by atoms with van der Waals surface area (Å²) in [6.07, 6.45) is 1.58. The van der Waals surface area contributed by atoms with Gasteiger partial charge in [-0.2, -0.15) is 0 Å². The van der Waals surface area contributed by atoms with Crippen molar-refractivity contribution in [3.8, 4) is 0 Å². The Kier molecular flexibility index (Phi) is 7.78. The van der Waals surface area contributed by atoms with Crippen molar-refractivity contribution in [2.75, 3.05) is 0 Å². The van der Waals surface area contributed by atoms with E-state index < -0.39 is 27.9 Å². The Bertz CT molecular complexity index is 703. The van der Waals surface area contributed by atoms with Gasteiger partial charge in [-0.05, 0) is 31.9 Å². The maximum Gasteiger partial charge on any atom is 0.187 e. The molecule has 1 aromatic carbocycles. The van der Waals surface area contributed by atoms with E-state index >= 15 is 0 Å². The van der Waals surface area contributed by atoms with Gasteiger partial charge in [-0.25, -0.2) is 8.42 Å². The van der Waals surface area contributed by atoms with E-state index in [4.69, 9.17) is 4.74 Å². The van der Waals surface area contributed by atoms with E-state index in [1.807, 2.05) is 56.9 Å². The first kappa shape index (κ1) is 21.8. The number of benzene rings is 1. The molecule has 0 heterocycles. The molecule has 0 amide bonds. The van der Waals surface area contributed by atoms with Gasteiger partial charge in [0.1, 0.15) is 15.1 Å². The fourth-order valence-electron chi connectivity index (χ4n) is 2.51. The van der Waals surface area contributed by atoms with Gasteiger partial charge in [0, 0.05) is 6.42 Å². The first-order chi connectivity index (χ1) is 11.4. The molecule has 1 rings (SSSR count). The van der Waals surface area contributed by atoms with Crippen LogP contribution in [0, 0.1) is 0 Å². The Morgan fingerprint density at radius 3 is 2.20 bits per heavy atom. The molecule has 6 heteroatoms. The minimum absolute atomic E-state index is 0.0199. The fourth-order valence-corrected chi connectivity index (χ4v) is 7.57. The first-order valence-corrected chi connectivity index (χ1v) is 14.3. The third-order valence-corrected chi connectivity index (χ3v) is 13.2. The average Bonchev–Trinajstić information content (AvgIpc) is 2.50. The molecule has 0 aromatic heterocycles. The molecule has 0 unspecified atom stereocenters. The van der Waals surface area contributed by atoms with Crippen LogP contribution in [-0.4, -0.2) is 32.8 Å². The Balaban J connectivity index is 2.95. The first-order valence-electron chi connectivity index (χ1n) is 8.52. The van der Waals surface area contributed by atoms with Gasteiger partial charge in [0.05, 0.1) is 18.0 Å². The van der Waals surface area contributed by atoms with E-state index in [9.17, 15) is 13.2 Å². The summed E-state index contributed by atoms with van der Waals surface area (Å²) in [6, 6.07) is 9.73. The molecule has 0 radical (unpaired) electrons. The SMILES string of the molecule is CC(=O)C[C@@H](OCc1ccccc1)/C(C)=C\[C@H](C)S(=O)(=O)[Si](C)(C)C. The van der Waals surface area contributed by atoms with Gasteiger partial charge < -0.3 is 4.74 Å². The van der Waals surface area contributed by atoms with E-state index in [1.54, 1.807) is 13.0 Å². The molecule has 0 aliphatic carbocycles. The molecule has 0 aliphatic rings. The monoisotopic (exact) mass is 382 g/mol. The molecule has 25 heavy (non-hydrogen) atoms. The van der Waals surface area contributed by atoms with Crippen molar-refractivity contribution in [3.63, 3.8) is 0 Å². The van der Waals surface area contributed by atoms with Crippen LogP contribution < -0.4 is 0 Å². The number of hydrogen-bond acceptors (Lipinski definition) is 4. The fraction of sp³-hybridized carbons (Fsp3) is 0.526. The second kappa shape index (κ2) is 8.92. The van der Waals surface area contributed by atoms with E-state index in [2.05, 4.69) is 0 Å². The summed E-state index contributed by atoms with van der Waals surface area (Å²) in [5.41, 5.74) is 1.81. The molecular formula is C19H30O4SSi. The van der Waals surface area contributed by atoms with Crippen LogP contribution >= 0.6 is 0 Å². The van der Waals surface area contributed by atoms with Crippen molar-refractivity contribution in [1.82, 2.24) is 0 Å². The van der Waals surface area contributed by atoms with Crippen molar-refractivity contribution in [2.24, 2.45) is 0 Å². The number of ether oxygens (including phenoxy) is 1. The second-order valence-corrected chi connectivity index (χ2v) is 18.9. The lowest BCUT2D eigenvalue weighted by Gasteiger charge is -2.23. The normalized spacial score (nSPS) is 15.7. The second-order valence-electron chi connectivity index (χ2n) is 7.46. The van der Waals surface area contributed by atoms with Crippen molar-refractivity contribution in [1.29, 1.82) is 0 Å². The molecule has 0 fully saturated rings. The highest BCUT2D eigenvalue weighted by Crippen LogP contribution is 2.22. The van der Waals surface area contributed by atoms with Crippen LogP contribution in [0.4, 0.5) is 0 Å². The van der Waals surface area contributed by atoms with Crippen LogP contribution in [0.3, 0.4) is 0 Å². The summed E-state index contributed by atoms with van der Waals surface area (Å²) in [6.45, 7) is 11.0. The molecule has 0 bridgehead atoms. The summed E-state index contributed by atoms with van der Waals surface area (Å²) < 4.78 is 31.2. The minimum atomic E-state index is -3.18. The third kappa shape index (κ3) is 6.53. The number of ketones is 1. The molecule has 140 valence electrons. The predicted molar refractivity (Wildman–Crippen MR) is 106 cm³/mol. The van der Waals surface area contributed by atoms with Crippen molar-refractivity contribution >= 4 is 22.3 Å². The van der Waals surface area contributed by atoms with E-state index in [0.717, 1.165) is 11.1 Å². The van der Waals surface area contributed by atoms with E-state index in [0.29, 0.717) is 6.61 Å². The Morgan fingerprint density at radius 1 is 1.16 bits per heavy atom. The van der Waals surface area contributed by atoms with Crippen LogP contribution in [0.5, 0.6) is 0 Å². The summed E-state index contributed by atoms with van der Waals surface area (Å²) in [5.74, 6) is 0.0199. The van der Waals surface area contributed by atoms with Crippen LogP contribution in [0.2, 0.25) is 19.6 Å². The summed E-state index contributed by atoms with van der Waals surface area (Å²) in [5, 5.41) is -0.575. The quantitative estimate of drug-likeness (QED) is 0.476. The highest BCUT2D eigenvalue weighted by Gasteiger charge is 2.36. The van der Waals surface area contributed by atoms with Crippen LogP contribution in [-0.2, 0) is 25.4 Å². The molecule has 0 aliphatic heterocycles. The number of carbonyl (C=O) groups is 1. The van der Waals surface area contributed by atoms with E-state index in [-0.39, 0.29) is 12.2 Å². The lowest BCUT2D eigenvalue weighted by atomic mass is 10.0. The highest BCUT2D eigenvalue weighted by molar-refractivity contribution is 8.22. The lowest BCUT2D eigenvalue weighted by molar-refractivity contribution is -0.119. The maximum atomic E-state index is 12.6. The zero-order chi connectivity index (χ0) is 19.3. The van der Waals surface area contributed by atoms with Gasteiger partial charge in [0.15, 0.2) is 7.22 Å². The van der Waals surface area contributed by atoms with Crippen LogP contribution in [0.15, 0.2) is 42.0 Å². The number of rotatable bonds is 9. The summed E-state index contributed by atoms with van der Waals surface area (Å²) in [4.78, 5) is 11.6. The molecule has 2 atom stereocenters. The van der Waals surface area contributed by atoms with Gasteiger partial charge in [-0.1, -0.05) is 56.0 Å². The minimum Gasteiger partial charge on any atom is -0.369 e. The van der Waals surface area contributed by atoms with Crippen molar-refractivity contribution in [3.05, 3.63) is 47.5 Å². The topological polar surface area (TPSA) is 60.4 Å². The largest absolute Gasteiger partial charge is 0.369 e. The number of hydrogen-bond donors (Lipinski definition) is 0. The third-order valence-electron chi connectivity index (χ3n) is 4.12. The van der Waals surface area contributed by atoms with E-state index in [1.165, 1.54) is 6.92 Å². The average molecular weight is 383 g/mol. The lowest BCUT2D eigenvalue weighted by Crippen LogP contribution is -2.39. The summed E-state index contributed by atoms with van der Waals surface area (Å²) >= 11 is 0. The van der Waals surface area contributed by atoms with Gasteiger partial charge in [-0.15, -0.1) is 0 Å². The van der Waals surface area contributed by atoms with Crippen molar-refractivity contribution in [2.45, 2.75) is 64.8 Å². The molecule has 0 spiro atoms. The molecule has 1 aromatic rings. The van der Waals surface area contributed by atoms with Gasteiger partial charge in [-0.3, -0.25) is 4.79 Å². The van der Waals surface area contributed by atoms with Gasteiger partial charge >= 0.3 is 0 Å². The summed E-state index contributed by atoms with van der Waals surface area (Å²) in [7, 11) is -5.51. The molecule has 0 saturated carbocycles. The Labute approximate surface area is 152 Å². The Morgan fingerprint density at radius 2 is 1.72 bits per heavy atom. The zero-order valence-electron chi connectivity index (χ0n) is 16.1. The van der Waals surface area contributed by atoms with Crippen LogP contribution in [0.1, 0.15) is 32.8 Å². The molecule has 4 nitrogen and oxygen atoms in total. The zero-order valence-corrected chi connectivity index (χ0v) is 17.9. The number of carbonyl (C=O) groups excluding carboxylic acids is 1. The van der Waals surface area contributed by atoms with Crippen LogP contribution in [0.25, 0.3) is 0 Å². The molecule has 0 saturated heterocycles. The van der Waals surface area contributed by atoms with Gasteiger partial charge in [0.25, 0.3) is 0 Å². The standard InChI is InChI=1S/C19H30O4SSi/c1-15(12-17(3)24(21,22)25(4,5)6)19(13-16(2)20)23-14-18-10-8-7-9-11-18/h7-12,17,19H,13-14H2,1-6H3/b15-12-/t17-,19+/m0/s1. The maximum absolute atomic E-state index is 12.6. The smallest absolute Gasteiger partial charge is 0.187 e. The van der Waals surface area contributed by atoms with Gasteiger partial charge in [0.2, 0.25) is 0 Å². The highest BCUT2D eigenvalue weighted by atomic mass is 32.4. The van der Waals surface area contributed by atoms with Crippen molar-refractivity contribution < 1.29 is 17.9 Å². The number of Topliss-reactive ketones (excluding diaryl/α,β-unsaturated/α-hetero) is 1. The Hall–Kier alpha value is -1.24. The molecular weight excluding hydrogens is 352 g/mol. The predicted octanol–water partition coefficient (Wildman–Crippen LogP) is 4.14. The molecule has 0 N–H and O–H groups in total.